The van der Waals surface area contributed by atoms with Crippen molar-refractivity contribution in [3.8, 4) is 5.75 Å². The first-order valence-corrected chi connectivity index (χ1v) is 7.63. The molecule has 0 heterocycles. The number of carbonyl (C=O) groups excluding carboxylic acids is 1. The van der Waals surface area contributed by atoms with E-state index >= 15 is 0 Å². The summed E-state index contributed by atoms with van der Waals surface area (Å²) >= 11 is 5.82. The minimum atomic E-state index is -0.954. The minimum Gasteiger partial charge on any atom is -0.478 e. The molecule has 0 unspecified atom stereocenters. The first-order chi connectivity index (χ1) is 10.5. The molecule has 22 heavy (non-hydrogen) atoms. The van der Waals surface area contributed by atoms with Gasteiger partial charge < -0.3 is 19.5 Å². The SMILES string of the molecule is COCCOCCCNC(=O)C(C)(C)Oc1ccc(Cl)cc1. The van der Waals surface area contributed by atoms with Gasteiger partial charge in [-0.25, -0.2) is 0 Å². The number of amides is 1. The van der Waals surface area contributed by atoms with Crippen LogP contribution in [-0.4, -0.2) is 45.0 Å². The number of hydrogen-bond acceptors (Lipinski definition) is 4. The molecular formula is C16H24ClNO4. The summed E-state index contributed by atoms with van der Waals surface area (Å²) in [5.41, 5.74) is -0.954. The lowest BCUT2D eigenvalue weighted by molar-refractivity contribution is -0.134. The quantitative estimate of drug-likeness (QED) is 0.670. The van der Waals surface area contributed by atoms with Crippen molar-refractivity contribution in [1.82, 2.24) is 5.32 Å². The van der Waals surface area contributed by atoms with Gasteiger partial charge in [0.25, 0.3) is 5.91 Å². The first-order valence-electron chi connectivity index (χ1n) is 7.25. The van der Waals surface area contributed by atoms with Gasteiger partial charge in [0.1, 0.15) is 5.75 Å². The number of benzene rings is 1. The Kier molecular flexibility index (Phi) is 8.24. The molecule has 124 valence electrons. The lowest BCUT2D eigenvalue weighted by Crippen LogP contribution is -2.46. The van der Waals surface area contributed by atoms with Gasteiger partial charge in [0.05, 0.1) is 13.2 Å². The third-order valence-electron chi connectivity index (χ3n) is 2.92. The predicted octanol–water partition coefficient (Wildman–Crippen LogP) is 2.67. The number of carbonyl (C=O) groups is 1. The molecule has 0 spiro atoms. The molecule has 6 heteroatoms. The number of hydrogen-bond donors (Lipinski definition) is 1. The molecule has 0 saturated carbocycles. The Morgan fingerprint density at radius 1 is 1.18 bits per heavy atom. The van der Waals surface area contributed by atoms with Gasteiger partial charge in [0.15, 0.2) is 5.60 Å². The Labute approximate surface area is 136 Å². The number of rotatable bonds is 10. The largest absolute Gasteiger partial charge is 0.478 e. The standard InChI is InChI=1S/C16H24ClNO4/c1-16(2,22-14-7-5-13(17)6-8-14)15(19)18-9-4-10-21-12-11-20-3/h5-8H,4,9-12H2,1-3H3,(H,18,19). The molecule has 0 aromatic heterocycles. The van der Waals surface area contributed by atoms with E-state index in [-0.39, 0.29) is 5.91 Å². The van der Waals surface area contributed by atoms with Crippen molar-refractivity contribution in [2.75, 3.05) is 33.5 Å². The smallest absolute Gasteiger partial charge is 0.263 e. The molecule has 0 aliphatic rings. The summed E-state index contributed by atoms with van der Waals surface area (Å²) in [6, 6.07) is 6.92. The third-order valence-corrected chi connectivity index (χ3v) is 3.17. The molecule has 1 aromatic carbocycles. The van der Waals surface area contributed by atoms with Gasteiger partial charge in [0.2, 0.25) is 0 Å². The number of nitrogens with one attached hydrogen (secondary N) is 1. The van der Waals surface area contributed by atoms with Crippen LogP contribution < -0.4 is 10.1 Å². The number of ether oxygens (including phenoxy) is 3. The fourth-order valence-electron chi connectivity index (χ4n) is 1.68. The van der Waals surface area contributed by atoms with E-state index in [4.69, 9.17) is 25.8 Å². The van der Waals surface area contributed by atoms with Crippen LogP contribution >= 0.6 is 11.6 Å². The van der Waals surface area contributed by atoms with E-state index in [1.807, 2.05) is 0 Å². The maximum Gasteiger partial charge on any atom is 0.263 e. The second-order valence-corrected chi connectivity index (χ2v) is 5.72. The van der Waals surface area contributed by atoms with Crippen molar-refractivity contribution in [3.05, 3.63) is 29.3 Å². The van der Waals surface area contributed by atoms with Crippen LogP contribution in [0.2, 0.25) is 5.02 Å². The zero-order chi connectivity index (χ0) is 16.4. The van der Waals surface area contributed by atoms with Crippen LogP contribution in [0.5, 0.6) is 5.75 Å². The monoisotopic (exact) mass is 329 g/mol. The molecule has 0 bridgehead atoms. The van der Waals surface area contributed by atoms with Crippen molar-refractivity contribution >= 4 is 17.5 Å². The van der Waals surface area contributed by atoms with Crippen molar-refractivity contribution in [2.24, 2.45) is 0 Å². The fourth-order valence-corrected chi connectivity index (χ4v) is 1.80. The molecule has 1 rings (SSSR count). The molecular weight excluding hydrogens is 306 g/mol. The van der Waals surface area contributed by atoms with Crippen LogP contribution in [0.15, 0.2) is 24.3 Å². The molecule has 0 aliphatic heterocycles. The van der Waals surface area contributed by atoms with Gasteiger partial charge in [-0.05, 0) is 44.5 Å². The van der Waals surface area contributed by atoms with Crippen molar-refractivity contribution in [2.45, 2.75) is 25.9 Å². The Hall–Kier alpha value is -1.30. The van der Waals surface area contributed by atoms with Crippen molar-refractivity contribution in [3.63, 3.8) is 0 Å². The second-order valence-electron chi connectivity index (χ2n) is 5.28. The minimum absolute atomic E-state index is 0.167. The van der Waals surface area contributed by atoms with Crippen LogP contribution in [0.3, 0.4) is 0 Å². The van der Waals surface area contributed by atoms with E-state index in [0.29, 0.717) is 37.1 Å². The van der Waals surface area contributed by atoms with Gasteiger partial charge in [0, 0.05) is 25.3 Å². The second kappa shape index (κ2) is 9.66. The normalized spacial score (nSPS) is 11.3. The van der Waals surface area contributed by atoms with Crippen LogP contribution in [0, 0.1) is 0 Å². The average molecular weight is 330 g/mol. The van der Waals surface area contributed by atoms with Gasteiger partial charge in [-0.1, -0.05) is 11.6 Å². The highest BCUT2D eigenvalue weighted by atomic mass is 35.5. The summed E-state index contributed by atoms with van der Waals surface area (Å²) in [4.78, 5) is 12.1. The van der Waals surface area contributed by atoms with Gasteiger partial charge in [-0.3, -0.25) is 4.79 Å². The third kappa shape index (κ3) is 7.11. The molecule has 5 nitrogen and oxygen atoms in total. The zero-order valence-electron chi connectivity index (χ0n) is 13.4. The van der Waals surface area contributed by atoms with Gasteiger partial charge >= 0.3 is 0 Å². The summed E-state index contributed by atoms with van der Waals surface area (Å²) in [6.45, 7) is 5.73. The van der Waals surface area contributed by atoms with Gasteiger partial charge in [-0.15, -0.1) is 0 Å². The van der Waals surface area contributed by atoms with E-state index in [2.05, 4.69) is 5.32 Å². The van der Waals surface area contributed by atoms with E-state index in [9.17, 15) is 4.79 Å². The van der Waals surface area contributed by atoms with Crippen molar-refractivity contribution < 1.29 is 19.0 Å². The van der Waals surface area contributed by atoms with Crippen LogP contribution in [0.25, 0.3) is 0 Å². The fraction of sp³-hybridized carbons (Fsp3) is 0.562. The summed E-state index contributed by atoms with van der Waals surface area (Å²) in [7, 11) is 1.63. The molecule has 0 saturated heterocycles. The van der Waals surface area contributed by atoms with Crippen LogP contribution in [0.1, 0.15) is 20.3 Å². The topological polar surface area (TPSA) is 56.8 Å². The highest BCUT2D eigenvalue weighted by Gasteiger charge is 2.29. The Morgan fingerprint density at radius 3 is 2.50 bits per heavy atom. The lowest BCUT2D eigenvalue weighted by Gasteiger charge is -2.25. The summed E-state index contributed by atoms with van der Waals surface area (Å²) < 4.78 is 15.9. The summed E-state index contributed by atoms with van der Waals surface area (Å²) in [6.07, 6.45) is 0.743. The predicted molar refractivity (Wildman–Crippen MR) is 86.5 cm³/mol. The Balaban J connectivity index is 2.29. The number of halogens is 1. The molecule has 1 amide bonds. The Morgan fingerprint density at radius 2 is 1.86 bits per heavy atom. The molecule has 1 N–H and O–H groups in total. The number of methoxy groups -OCH3 is 1. The molecule has 0 radical (unpaired) electrons. The first kappa shape index (κ1) is 18.7. The highest BCUT2D eigenvalue weighted by molar-refractivity contribution is 6.30. The van der Waals surface area contributed by atoms with Crippen LogP contribution in [0.4, 0.5) is 0 Å². The van der Waals surface area contributed by atoms with Gasteiger partial charge in [-0.2, -0.15) is 0 Å². The van der Waals surface area contributed by atoms with E-state index < -0.39 is 5.60 Å². The maximum absolute atomic E-state index is 12.1. The molecule has 0 fully saturated rings. The van der Waals surface area contributed by atoms with E-state index in [1.165, 1.54) is 0 Å². The highest BCUT2D eigenvalue weighted by Crippen LogP contribution is 2.20. The average Bonchev–Trinajstić information content (AvgIpc) is 2.48. The zero-order valence-corrected chi connectivity index (χ0v) is 14.1. The van der Waals surface area contributed by atoms with Crippen LogP contribution in [-0.2, 0) is 14.3 Å². The molecule has 0 aliphatic carbocycles. The molecule has 1 aromatic rings. The Bertz CT molecular complexity index is 448. The molecule has 0 atom stereocenters. The van der Waals surface area contributed by atoms with Crippen molar-refractivity contribution in [1.29, 1.82) is 0 Å². The summed E-state index contributed by atoms with van der Waals surface area (Å²) in [5.74, 6) is 0.437. The summed E-state index contributed by atoms with van der Waals surface area (Å²) in [5, 5.41) is 3.47. The van der Waals surface area contributed by atoms with E-state index in [1.54, 1.807) is 45.2 Å². The maximum atomic E-state index is 12.1. The van der Waals surface area contributed by atoms with E-state index in [0.717, 1.165) is 6.42 Å². The lowest BCUT2D eigenvalue weighted by atomic mass is 10.1.